The fourth-order valence-corrected chi connectivity index (χ4v) is 3.21. The van der Waals surface area contributed by atoms with E-state index in [2.05, 4.69) is 34.6 Å². The van der Waals surface area contributed by atoms with E-state index in [0.717, 1.165) is 61.9 Å². The summed E-state index contributed by atoms with van der Waals surface area (Å²) in [5, 5.41) is 10.7. The van der Waals surface area contributed by atoms with Gasteiger partial charge in [0, 0.05) is 43.9 Å². The van der Waals surface area contributed by atoms with Gasteiger partial charge in [-0.25, -0.2) is 0 Å². The van der Waals surface area contributed by atoms with Crippen molar-refractivity contribution in [3.63, 3.8) is 0 Å². The molecule has 29 heavy (non-hydrogen) atoms. The first-order valence-corrected chi connectivity index (χ1v) is 10.2. The Morgan fingerprint density at radius 3 is 2.66 bits per heavy atom. The zero-order valence-corrected chi connectivity index (χ0v) is 20.2. The van der Waals surface area contributed by atoms with Gasteiger partial charge in [0.2, 0.25) is 0 Å². The summed E-state index contributed by atoms with van der Waals surface area (Å²) in [7, 11) is 1.75. The molecule has 2 heterocycles. The topological polar surface area (TPSA) is 84.5 Å². The molecule has 0 spiro atoms. The van der Waals surface area contributed by atoms with Crippen molar-refractivity contribution in [3.05, 3.63) is 51.8 Å². The Bertz CT molecular complexity index is 811. The lowest BCUT2D eigenvalue weighted by Crippen LogP contribution is -2.37. The number of hydrogen-bond acceptors (Lipinski definition) is 4. The summed E-state index contributed by atoms with van der Waals surface area (Å²) in [6, 6.07) is 7.39. The molecule has 0 aliphatic carbocycles. The fourth-order valence-electron chi connectivity index (χ4n) is 3.21. The highest BCUT2D eigenvalue weighted by atomic mass is 127. The molecule has 2 N–H and O–H groups in total. The first-order chi connectivity index (χ1) is 13.6. The number of halogens is 1. The number of nitrogens with zero attached hydrogens (tertiary/aromatic N) is 3. The number of hydrogen-bond donors (Lipinski definition) is 2. The average Bonchev–Trinajstić information content (AvgIpc) is 3.15. The monoisotopic (exact) mass is 515 g/mol. The molecule has 0 radical (unpaired) electrons. The third-order valence-corrected chi connectivity index (χ3v) is 5.00. The molecule has 0 aliphatic heterocycles. The molecule has 0 atom stereocenters. The Labute approximate surface area is 190 Å². The van der Waals surface area contributed by atoms with Gasteiger partial charge in [0.05, 0.1) is 12.2 Å². The second kappa shape index (κ2) is 13.4. The Balaban J connectivity index is 0.00000420. The van der Waals surface area contributed by atoms with Gasteiger partial charge in [-0.3, -0.25) is 9.79 Å². The van der Waals surface area contributed by atoms with E-state index in [4.69, 9.17) is 4.52 Å². The van der Waals surface area contributed by atoms with Gasteiger partial charge < -0.3 is 19.7 Å². The van der Waals surface area contributed by atoms with Gasteiger partial charge in [-0.2, -0.15) is 0 Å². The summed E-state index contributed by atoms with van der Waals surface area (Å²) in [5.41, 5.74) is 2.08. The highest BCUT2D eigenvalue weighted by molar-refractivity contribution is 14.0. The summed E-state index contributed by atoms with van der Waals surface area (Å²) in [5.74, 6) is 1.99. The maximum absolute atomic E-state index is 11.9. The normalized spacial score (nSPS) is 11.4. The molecule has 0 saturated carbocycles. The van der Waals surface area contributed by atoms with Crippen LogP contribution in [0, 0.1) is 6.92 Å². The molecule has 7 nitrogen and oxygen atoms in total. The number of aryl methyl sites for hydroxylation is 1. The van der Waals surface area contributed by atoms with E-state index in [1.54, 1.807) is 19.2 Å². The zero-order valence-electron chi connectivity index (χ0n) is 17.9. The summed E-state index contributed by atoms with van der Waals surface area (Å²) in [6.45, 7) is 8.37. The van der Waals surface area contributed by atoms with Crippen molar-refractivity contribution in [1.82, 2.24) is 20.4 Å². The minimum Gasteiger partial charge on any atom is -0.359 e. The Morgan fingerprint density at radius 2 is 2.00 bits per heavy atom. The first kappa shape index (κ1) is 25.2. The van der Waals surface area contributed by atoms with E-state index in [0.29, 0.717) is 12.5 Å². The summed E-state index contributed by atoms with van der Waals surface area (Å²) >= 11 is 0. The maximum Gasteiger partial charge on any atom is 0.250 e. The molecule has 0 fully saturated rings. The number of aromatic nitrogens is 2. The van der Waals surface area contributed by atoms with E-state index in [1.807, 2.05) is 23.6 Å². The van der Waals surface area contributed by atoms with E-state index in [9.17, 15) is 4.79 Å². The van der Waals surface area contributed by atoms with Crippen LogP contribution < -0.4 is 16.2 Å². The third-order valence-electron chi connectivity index (χ3n) is 5.00. The molecule has 0 aromatic carbocycles. The predicted octanol–water partition coefficient (Wildman–Crippen LogP) is 3.81. The maximum atomic E-state index is 11.9. The van der Waals surface area contributed by atoms with Crippen molar-refractivity contribution in [3.8, 4) is 0 Å². The van der Waals surface area contributed by atoms with Crippen LogP contribution in [0.25, 0.3) is 0 Å². The van der Waals surface area contributed by atoms with Gasteiger partial charge >= 0.3 is 0 Å². The lowest BCUT2D eigenvalue weighted by Gasteiger charge is -2.12. The first-order valence-electron chi connectivity index (χ1n) is 10.2. The van der Waals surface area contributed by atoms with Gasteiger partial charge in [-0.15, -0.1) is 24.0 Å². The molecule has 2 rings (SSSR count). The largest absolute Gasteiger partial charge is 0.359 e. The number of aliphatic imine (C=N–C) groups is 1. The van der Waals surface area contributed by atoms with Crippen LogP contribution >= 0.6 is 24.0 Å². The van der Waals surface area contributed by atoms with Crippen molar-refractivity contribution >= 4 is 29.9 Å². The summed E-state index contributed by atoms with van der Waals surface area (Å²) in [6.07, 6.45) is 4.00. The van der Waals surface area contributed by atoms with Crippen LogP contribution in [0.4, 0.5) is 0 Å². The lowest BCUT2D eigenvalue weighted by molar-refractivity contribution is 0.368. The quantitative estimate of drug-likeness (QED) is 0.218. The molecule has 8 heteroatoms. The van der Waals surface area contributed by atoms with Crippen LogP contribution in [0.2, 0.25) is 0 Å². The van der Waals surface area contributed by atoms with E-state index >= 15 is 0 Å². The van der Waals surface area contributed by atoms with E-state index < -0.39 is 0 Å². The van der Waals surface area contributed by atoms with Gasteiger partial charge in [0.15, 0.2) is 11.7 Å². The summed E-state index contributed by atoms with van der Waals surface area (Å²) < 4.78 is 7.24. The molecule has 162 valence electrons. The number of nitrogens with one attached hydrogen (secondary N) is 2. The van der Waals surface area contributed by atoms with E-state index in [-0.39, 0.29) is 29.5 Å². The van der Waals surface area contributed by atoms with Crippen LogP contribution in [0.3, 0.4) is 0 Å². The number of rotatable bonds is 10. The molecule has 0 saturated heterocycles. The Hall–Kier alpha value is -1.84. The third kappa shape index (κ3) is 7.83. The number of unbranched alkanes of at least 4 members (excludes halogenated alkanes) is 1. The highest BCUT2D eigenvalue weighted by Gasteiger charge is 2.13. The van der Waals surface area contributed by atoms with Crippen LogP contribution in [-0.2, 0) is 13.1 Å². The molecule has 0 unspecified atom stereocenters. The van der Waals surface area contributed by atoms with Crippen LogP contribution in [0.5, 0.6) is 0 Å². The smallest absolute Gasteiger partial charge is 0.250 e. The van der Waals surface area contributed by atoms with Crippen molar-refractivity contribution in [2.75, 3.05) is 13.6 Å². The molecule has 2 aromatic heterocycles. The summed E-state index contributed by atoms with van der Waals surface area (Å²) in [4.78, 5) is 16.1. The van der Waals surface area contributed by atoms with Crippen molar-refractivity contribution in [2.24, 2.45) is 4.99 Å². The molecular formula is C21H34IN5O2. The van der Waals surface area contributed by atoms with Crippen molar-refractivity contribution in [1.29, 1.82) is 0 Å². The van der Waals surface area contributed by atoms with Gasteiger partial charge in [0.25, 0.3) is 5.56 Å². The van der Waals surface area contributed by atoms with Gasteiger partial charge in [0.1, 0.15) is 0 Å². The molecule has 2 aromatic rings. The minimum absolute atomic E-state index is 0. The highest BCUT2D eigenvalue weighted by Crippen LogP contribution is 2.22. The number of pyridine rings is 1. The predicted molar refractivity (Wildman–Crippen MR) is 128 cm³/mol. The van der Waals surface area contributed by atoms with Gasteiger partial charge in [-0.1, -0.05) is 25.1 Å². The minimum atomic E-state index is 0. The standard InChI is InChI=1S/C21H33N5O2.HI/c1-5-17(6-2)19-14-18(28-25-19)15-24-21(22-4)23-12-7-8-13-26-16(3)10-9-11-20(26)27;/h9-11,14,17H,5-8,12-13,15H2,1-4H3,(H2,22,23,24);1H. The Kier molecular flexibility index (Phi) is 11.6. The fraction of sp³-hybridized carbons (Fsp3) is 0.571. The van der Waals surface area contributed by atoms with Crippen LogP contribution in [-0.4, -0.2) is 29.3 Å². The second-order valence-corrected chi connectivity index (χ2v) is 6.95. The molecular weight excluding hydrogens is 481 g/mol. The number of guanidine groups is 1. The lowest BCUT2D eigenvalue weighted by atomic mass is 9.99. The SMILES string of the molecule is CCC(CC)c1cc(CNC(=NC)NCCCCn2c(C)cccc2=O)on1.I. The molecule has 0 aliphatic rings. The van der Waals surface area contributed by atoms with Crippen molar-refractivity contribution < 1.29 is 4.52 Å². The van der Waals surface area contributed by atoms with Crippen molar-refractivity contribution in [2.45, 2.75) is 65.5 Å². The Morgan fingerprint density at radius 1 is 1.24 bits per heavy atom. The van der Waals surface area contributed by atoms with Gasteiger partial charge in [-0.05, 0) is 38.7 Å². The van der Waals surface area contributed by atoms with Crippen LogP contribution in [0.15, 0.2) is 38.6 Å². The molecule has 0 bridgehead atoms. The average molecular weight is 515 g/mol. The molecule has 0 amide bonds. The second-order valence-electron chi connectivity index (χ2n) is 6.95. The van der Waals surface area contributed by atoms with Crippen LogP contribution in [0.1, 0.15) is 62.6 Å². The zero-order chi connectivity index (χ0) is 20.4. The van der Waals surface area contributed by atoms with E-state index in [1.165, 1.54) is 0 Å².